The lowest BCUT2D eigenvalue weighted by Crippen LogP contribution is -2.24. The van der Waals surface area contributed by atoms with Gasteiger partial charge in [0.05, 0.1) is 0 Å². The van der Waals surface area contributed by atoms with E-state index in [1.807, 2.05) is 6.07 Å². The summed E-state index contributed by atoms with van der Waals surface area (Å²) in [6, 6.07) is 15.6. The highest BCUT2D eigenvalue weighted by Gasteiger charge is 2.12. The highest BCUT2D eigenvalue weighted by atomic mass is 32.2. The van der Waals surface area contributed by atoms with E-state index in [0.717, 1.165) is 24.3 Å². The Labute approximate surface area is 131 Å². The van der Waals surface area contributed by atoms with Gasteiger partial charge in [0.25, 0.3) is 0 Å². The molecule has 0 saturated carbocycles. The summed E-state index contributed by atoms with van der Waals surface area (Å²) < 4.78 is 13.4. The van der Waals surface area contributed by atoms with Crippen molar-refractivity contribution < 1.29 is 4.39 Å². The van der Waals surface area contributed by atoms with Crippen molar-refractivity contribution in [3.63, 3.8) is 0 Å². The summed E-state index contributed by atoms with van der Waals surface area (Å²) >= 11 is 1.80. The number of hydrogen-bond acceptors (Lipinski definition) is 2. The summed E-state index contributed by atoms with van der Waals surface area (Å²) in [6.45, 7) is 5.17. The summed E-state index contributed by atoms with van der Waals surface area (Å²) in [7, 11) is 0. The second kappa shape index (κ2) is 8.20. The van der Waals surface area contributed by atoms with Crippen molar-refractivity contribution in [1.82, 2.24) is 5.32 Å². The number of nitrogens with one attached hydrogen (secondary N) is 1. The number of benzene rings is 2. The van der Waals surface area contributed by atoms with E-state index in [4.69, 9.17) is 0 Å². The maximum Gasteiger partial charge on any atom is 0.123 e. The van der Waals surface area contributed by atoms with Gasteiger partial charge >= 0.3 is 0 Å². The van der Waals surface area contributed by atoms with E-state index in [9.17, 15) is 4.39 Å². The third-order valence-corrected chi connectivity index (χ3v) is 4.43. The molecular formula is C18H22FNS. The number of rotatable bonds is 7. The SMILES string of the molecule is CCCNC(CSc1ccc(C)cc1)c1cccc(F)c1. The van der Waals surface area contributed by atoms with Crippen LogP contribution >= 0.6 is 11.8 Å². The molecule has 1 nitrogen and oxygen atoms in total. The summed E-state index contributed by atoms with van der Waals surface area (Å²) in [4.78, 5) is 1.25. The second-order valence-corrected chi connectivity index (χ2v) is 6.28. The zero-order chi connectivity index (χ0) is 15.1. The molecule has 0 bridgehead atoms. The molecule has 112 valence electrons. The first-order valence-electron chi connectivity index (χ1n) is 7.37. The maximum absolute atomic E-state index is 13.4. The van der Waals surface area contributed by atoms with Crippen molar-refractivity contribution in [2.75, 3.05) is 12.3 Å². The van der Waals surface area contributed by atoms with Crippen molar-refractivity contribution in [2.24, 2.45) is 0 Å². The van der Waals surface area contributed by atoms with Crippen LogP contribution in [0.2, 0.25) is 0 Å². The van der Waals surface area contributed by atoms with Gasteiger partial charge in [-0.1, -0.05) is 36.8 Å². The Balaban J connectivity index is 2.04. The van der Waals surface area contributed by atoms with Gasteiger partial charge in [-0.3, -0.25) is 0 Å². The van der Waals surface area contributed by atoms with Crippen LogP contribution in [-0.2, 0) is 0 Å². The molecule has 1 N–H and O–H groups in total. The van der Waals surface area contributed by atoms with Crippen molar-refractivity contribution in [2.45, 2.75) is 31.2 Å². The van der Waals surface area contributed by atoms with Crippen LogP contribution in [0.5, 0.6) is 0 Å². The van der Waals surface area contributed by atoms with Crippen LogP contribution in [0.4, 0.5) is 4.39 Å². The summed E-state index contributed by atoms with van der Waals surface area (Å²) in [5.74, 6) is 0.725. The van der Waals surface area contributed by atoms with Gasteiger partial charge in [0.1, 0.15) is 5.82 Å². The minimum Gasteiger partial charge on any atom is -0.309 e. The molecule has 0 saturated heterocycles. The van der Waals surface area contributed by atoms with Gasteiger partial charge in [-0.05, 0) is 49.7 Å². The van der Waals surface area contributed by atoms with E-state index < -0.39 is 0 Å². The average molecular weight is 303 g/mol. The zero-order valence-corrected chi connectivity index (χ0v) is 13.4. The Bertz CT molecular complexity index is 553. The molecule has 1 unspecified atom stereocenters. The molecule has 0 fully saturated rings. The van der Waals surface area contributed by atoms with E-state index in [1.54, 1.807) is 23.9 Å². The highest BCUT2D eigenvalue weighted by Crippen LogP contribution is 2.25. The highest BCUT2D eigenvalue weighted by molar-refractivity contribution is 7.99. The minimum absolute atomic E-state index is 0.170. The Hall–Kier alpha value is -1.32. The van der Waals surface area contributed by atoms with E-state index in [0.29, 0.717) is 0 Å². The topological polar surface area (TPSA) is 12.0 Å². The fourth-order valence-corrected chi connectivity index (χ4v) is 3.13. The van der Waals surface area contributed by atoms with Gasteiger partial charge < -0.3 is 5.32 Å². The molecule has 0 aliphatic carbocycles. The fourth-order valence-electron chi connectivity index (χ4n) is 2.13. The molecule has 21 heavy (non-hydrogen) atoms. The Morgan fingerprint density at radius 1 is 1.14 bits per heavy atom. The van der Waals surface area contributed by atoms with Gasteiger partial charge in [-0.25, -0.2) is 4.39 Å². The fraction of sp³-hybridized carbons (Fsp3) is 0.333. The molecule has 0 aliphatic rings. The number of hydrogen-bond donors (Lipinski definition) is 1. The van der Waals surface area contributed by atoms with Crippen LogP contribution in [-0.4, -0.2) is 12.3 Å². The molecule has 0 aliphatic heterocycles. The normalized spacial score (nSPS) is 12.3. The van der Waals surface area contributed by atoms with E-state index in [2.05, 4.69) is 43.4 Å². The Kier molecular flexibility index (Phi) is 6.27. The molecule has 0 heterocycles. The molecule has 2 aromatic rings. The Morgan fingerprint density at radius 3 is 2.57 bits per heavy atom. The van der Waals surface area contributed by atoms with Crippen LogP contribution in [0.25, 0.3) is 0 Å². The molecule has 0 amide bonds. The molecule has 0 aromatic heterocycles. The average Bonchev–Trinajstić information content (AvgIpc) is 2.49. The maximum atomic E-state index is 13.4. The van der Waals surface area contributed by atoms with Crippen molar-refractivity contribution >= 4 is 11.8 Å². The van der Waals surface area contributed by atoms with Gasteiger partial charge in [0, 0.05) is 16.7 Å². The first kappa shape index (κ1) is 16.1. The lowest BCUT2D eigenvalue weighted by atomic mass is 10.1. The predicted molar refractivity (Wildman–Crippen MR) is 89.3 cm³/mol. The molecule has 3 heteroatoms. The zero-order valence-electron chi connectivity index (χ0n) is 12.6. The molecule has 0 spiro atoms. The monoisotopic (exact) mass is 303 g/mol. The van der Waals surface area contributed by atoms with E-state index in [1.165, 1.54) is 16.5 Å². The van der Waals surface area contributed by atoms with Crippen molar-refractivity contribution in [1.29, 1.82) is 0 Å². The summed E-state index contributed by atoms with van der Waals surface area (Å²) in [5.41, 5.74) is 2.29. The molecular weight excluding hydrogens is 281 g/mol. The van der Waals surface area contributed by atoms with Gasteiger partial charge in [-0.15, -0.1) is 11.8 Å². The van der Waals surface area contributed by atoms with Crippen molar-refractivity contribution in [3.05, 3.63) is 65.5 Å². The lowest BCUT2D eigenvalue weighted by Gasteiger charge is -2.19. The third kappa shape index (κ3) is 5.18. The van der Waals surface area contributed by atoms with Gasteiger partial charge in [-0.2, -0.15) is 0 Å². The Morgan fingerprint density at radius 2 is 1.90 bits per heavy atom. The third-order valence-electron chi connectivity index (χ3n) is 3.33. The number of aryl methyl sites for hydroxylation is 1. The molecule has 1 atom stereocenters. The molecule has 0 radical (unpaired) electrons. The molecule has 2 rings (SSSR count). The van der Waals surface area contributed by atoms with Crippen LogP contribution in [0.1, 0.15) is 30.5 Å². The van der Waals surface area contributed by atoms with Crippen LogP contribution in [0, 0.1) is 12.7 Å². The van der Waals surface area contributed by atoms with Crippen molar-refractivity contribution in [3.8, 4) is 0 Å². The van der Waals surface area contributed by atoms with Crippen LogP contribution < -0.4 is 5.32 Å². The standard InChI is InChI=1S/C18H22FNS/c1-3-11-20-18(15-5-4-6-16(19)12-15)13-21-17-9-7-14(2)8-10-17/h4-10,12,18,20H,3,11,13H2,1-2H3. The van der Waals surface area contributed by atoms with E-state index >= 15 is 0 Å². The van der Waals surface area contributed by atoms with Gasteiger partial charge in [0.15, 0.2) is 0 Å². The van der Waals surface area contributed by atoms with E-state index in [-0.39, 0.29) is 11.9 Å². The largest absolute Gasteiger partial charge is 0.309 e. The van der Waals surface area contributed by atoms with Crippen LogP contribution in [0.3, 0.4) is 0 Å². The second-order valence-electron chi connectivity index (χ2n) is 5.19. The van der Waals surface area contributed by atoms with Crippen LogP contribution in [0.15, 0.2) is 53.4 Å². The summed E-state index contributed by atoms with van der Waals surface area (Å²) in [6.07, 6.45) is 1.07. The first-order valence-corrected chi connectivity index (χ1v) is 8.36. The predicted octanol–water partition coefficient (Wildman–Crippen LogP) is 4.97. The number of thioether (sulfide) groups is 1. The smallest absolute Gasteiger partial charge is 0.123 e. The lowest BCUT2D eigenvalue weighted by molar-refractivity contribution is 0.568. The first-order chi connectivity index (χ1) is 10.2. The summed E-state index contributed by atoms with van der Waals surface area (Å²) in [5, 5.41) is 3.51. The minimum atomic E-state index is -0.170. The molecule has 2 aromatic carbocycles. The number of halogens is 1. The quantitative estimate of drug-likeness (QED) is 0.725. The van der Waals surface area contributed by atoms with Gasteiger partial charge in [0.2, 0.25) is 0 Å².